The van der Waals surface area contributed by atoms with Gasteiger partial charge in [-0.3, -0.25) is 9.59 Å². The van der Waals surface area contributed by atoms with Crippen molar-refractivity contribution < 1.29 is 53.2 Å². The first-order chi connectivity index (χ1) is 18.7. The number of fused-ring (bicyclic) bond motifs is 1. The van der Waals surface area contributed by atoms with E-state index >= 15 is 0 Å². The second-order valence-electron chi connectivity index (χ2n) is 9.42. The Labute approximate surface area is 222 Å². The van der Waals surface area contributed by atoms with Crippen molar-refractivity contribution in [3.05, 3.63) is 40.2 Å². The monoisotopic (exact) mass is 549 g/mol. The number of amides is 2. The highest BCUT2D eigenvalue weighted by Crippen LogP contribution is 2.28. The highest BCUT2D eigenvalue weighted by molar-refractivity contribution is 6.01. The van der Waals surface area contributed by atoms with Crippen LogP contribution in [0.2, 0.25) is 0 Å². The fourth-order valence-electron chi connectivity index (χ4n) is 4.44. The number of imide groups is 1. The molecule has 2 aliphatic heterocycles. The lowest BCUT2D eigenvalue weighted by molar-refractivity contribution is -0.285. The average Bonchev–Trinajstić information content (AvgIpc) is 3.21. The number of rotatable bonds is 11. The molecule has 13 heteroatoms. The van der Waals surface area contributed by atoms with E-state index in [1.54, 1.807) is 19.1 Å². The number of carbonyl (C=O) groups is 3. The van der Waals surface area contributed by atoms with Gasteiger partial charge in [0.2, 0.25) is 6.29 Å². The van der Waals surface area contributed by atoms with Crippen LogP contribution in [0, 0.1) is 6.92 Å². The average molecular weight is 550 g/mol. The van der Waals surface area contributed by atoms with Gasteiger partial charge in [0.15, 0.2) is 0 Å². The summed E-state index contributed by atoms with van der Waals surface area (Å²) in [5, 5.41) is 32.3. The van der Waals surface area contributed by atoms with E-state index in [1.807, 2.05) is 0 Å². The van der Waals surface area contributed by atoms with Gasteiger partial charge in [0.25, 0.3) is 11.8 Å². The maximum absolute atomic E-state index is 11.9. The molecule has 0 aliphatic carbocycles. The van der Waals surface area contributed by atoms with Crippen molar-refractivity contribution in [3.8, 4) is 5.75 Å². The van der Waals surface area contributed by atoms with E-state index in [2.05, 4.69) is 0 Å². The second kappa shape index (κ2) is 12.7. The van der Waals surface area contributed by atoms with Crippen LogP contribution in [0.4, 0.5) is 0 Å². The molecule has 5 atom stereocenters. The molecule has 2 fully saturated rings. The van der Waals surface area contributed by atoms with Crippen LogP contribution in [0.25, 0.3) is 11.0 Å². The number of benzene rings is 1. The van der Waals surface area contributed by atoms with Gasteiger partial charge in [-0.2, -0.15) is 0 Å². The Hall–Kier alpha value is -3.36. The van der Waals surface area contributed by atoms with Gasteiger partial charge in [0.1, 0.15) is 35.7 Å². The summed E-state index contributed by atoms with van der Waals surface area (Å²) in [6, 6.07) is 6.13. The van der Waals surface area contributed by atoms with Gasteiger partial charge in [-0.15, -0.1) is 5.06 Å². The van der Waals surface area contributed by atoms with E-state index < -0.39 is 60.7 Å². The van der Waals surface area contributed by atoms with Crippen LogP contribution in [0.15, 0.2) is 33.5 Å². The summed E-state index contributed by atoms with van der Waals surface area (Å²) in [5.74, 6) is -1.54. The van der Waals surface area contributed by atoms with Gasteiger partial charge in [0, 0.05) is 43.4 Å². The van der Waals surface area contributed by atoms with Crippen LogP contribution in [-0.2, 0) is 28.7 Å². The third-order valence-electron chi connectivity index (χ3n) is 6.53. The van der Waals surface area contributed by atoms with E-state index in [0.29, 0.717) is 29.7 Å². The quantitative estimate of drug-likeness (QED) is 0.200. The Bertz CT molecular complexity index is 1240. The number of hydrogen-bond donors (Lipinski definition) is 3. The SMILES string of the molecule is Cc1cc(=O)oc2cc(O[C@H]3O[C@H](CO)[C@@H](OCCCCCC(=O)ON4C(=O)CCC4=O)[C@H](O)[C@H]3O)ccc12. The molecule has 39 heavy (non-hydrogen) atoms. The van der Waals surface area contributed by atoms with E-state index in [1.165, 1.54) is 12.1 Å². The smallest absolute Gasteiger partial charge is 0.336 e. The van der Waals surface area contributed by atoms with Gasteiger partial charge in [-0.25, -0.2) is 9.59 Å². The number of ether oxygens (including phenoxy) is 3. The molecule has 3 N–H and O–H groups in total. The summed E-state index contributed by atoms with van der Waals surface area (Å²) >= 11 is 0. The molecule has 0 saturated carbocycles. The molecule has 2 aromatic rings. The predicted molar refractivity (Wildman–Crippen MR) is 131 cm³/mol. The summed E-state index contributed by atoms with van der Waals surface area (Å²) in [4.78, 5) is 51.3. The Morgan fingerprint density at radius 2 is 1.79 bits per heavy atom. The number of unbranched alkanes of at least 4 members (excludes halogenated alkanes) is 2. The minimum atomic E-state index is -1.51. The van der Waals surface area contributed by atoms with Gasteiger partial charge in [-0.05, 0) is 37.5 Å². The molecule has 2 saturated heterocycles. The lowest BCUT2D eigenvalue weighted by Crippen LogP contribution is -2.61. The van der Waals surface area contributed by atoms with Crippen molar-refractivity contribution in [2.45, 2.75) is 76.2 Å². The normalized spacial score (nSPS) is 25.3. The standard InChI is InChI=1S/C26H31NO12/c1-14-11-22(32)37-17-12-15(6-7-16(14)17)36-26-24(34)23(33)25(18(13-28)38-26)35-10-4-2-3-5-21(31)39-27-19(29)8-9-20(27)30/h6-7,11-12,18,23-26,28,33-34H,2-5,8-10,13H2,1H3/t18-,23-,24-,25-,26+/m1/s1. The van der Waals surface area contributed by atoms with Crippen LogP contribution in [-0.4, -0.2) is 82.1 Å². The molecule has 0 unspecified atom stereocenters. The molecule has 3 heterocycles. The lowest BCUT2D eigenvalue weighted by atomic mass is 9.99. The Balaban J connectivity index is 1.23. The van der Waals surface area contributed by atoms with Crippen molar-refractivity contribution >= 4 is 28.8 Å². The molecule has 1 aromatic heterocycles. The summed E-state index contributed by atoms with van der Waals surface area (Å²) in [5.41, 5.74) is 0.499. The zero-order chi connectivity index (χ0) is 28.1. The molecule has 212 valence electrons. The van der Waals surface area contributed by atoms with Crippen molar-refractivity contribution in [1.29, 1.82) is 0 Å². The number of aliphatic hydroxyl groups is 3. The Morgan fingerprint density at radius 3 is 2.51 bits per heavy atom. The highest BCUT2D eigenvalue weighted by atomic mass is 16.7. The maximum atomic E-state index is 11.9. The molecular weight excluding hydrogens is 518 g/mol. The molecule has 2 aliphatic rings. The van der Waals surface area contributed by atoms with Crippen LogP contribution < -0.4 is 10.4 Å². The van der Waals surface area contributed by atoms with Crippen molar-refractivity contribution in [1.82, 2.24) is 5.06 Å². The molecule has 4 rings (SSSR count). The minimum Gasteiger partial charge on any atom is -0.462 e. The zero-order valence-corrected chi connectivity index (χ0v) is 21.3. The van der Waals surface area contributed by atoms with Crippen LogP contribution in [0.1, 0.15) is 44.1 Å². The topological polar surface area (TPSA) is 182 Å². The predicted octanol–water partition coefficient (Wildman–Crippen LogP) is 0.472. The Kier molecular flexibility index (Phi) is 9.30. The minimum absolute atomic E-state index is 0.000965. The first-order valence-corrected chi connectivity index (χ1v) is 12.7. The third kappa shape index (κ3) is 6.81. The summed E-state index contributed by atoms with van der Waals surface area (Å²) in [7, 11) is 0. The lowest BCUT2D eigenvalue weighted by Gasteiger charge is -2.41. The number of aliphatic hydroxyl groups excluding tert-OH is 3. The fourth-order valence-corrected chi connectivity index (χ4v) is 4.44. The second-order valence-corrected chi connectivity index (χ2v) is 9.42. The molecule has 13 nitrogen and oxygen atoms in total. The summed E-state index contributed by atoms with van der Waals surface area (Å²) in [6.45, 7) is 1.40. The Morgan fingerprint density at radius 1 is 1.05 bits per heavy atom. The van der Waals surface area contributed by atoms with Crippen LogP contribution in [0.3, 0.4) is 0 Å². The van der Waals surface area contributed by atoms with Gasteiger partial charge >= 0.3 is 11.6 Å². The number of carbonyl (C=O) groups excluding carboxylic acids is 3. The van der Waals surface area contributed by atoms with E-state index in [-0.39, 0.29) is 37.2 Å². The molecular formula is C26H31NO12. The van der Waals surface area contributed by atoms with Crippen molar-refractivity contribution in [2.75, 3.05) is 13.2 Å². The van der Waals surface area contributed by atoms with Gasteiger partial charge < -0.3 is 38.8 Å². The summed E-state index contributed by atoms with van der Waals surface area (Å²) < 4.78 is 22.2. The third-order valence-corrected chi connectivity index (χ3v) is 6.53. The van der Waals surface area contributed by atoms with E-state index in [4.69, 9.17) is 23.5 Å². The first kappa shape index (κ1) is 28.6. The number of nitrogens with zero attached hydrogens (tertiary/aromatic N) is 1. The largest absolute Gasteiger partial charge is 0.462 e. The van der Waals surface area contributed by atoms with E-state index in [0.717, 1.165) is 5.56 Å². The maximum Gasteiger partial charge on any atom is 0.336 e. The van der Waals surface area contributed by atoms with Crippen molar-refractivity contribution in [3.63, 3.8) is 0 Å². The van der Waals surface area contributed by atoms with Gasteiger partial charge in [0.05, 0.1) is 6.61 Å². The molecule has 0 radical (unpaired) electrons. The van der Waals surface area contributed by atoms with Crippen molar-refractivity contribution in [2.24, 2.45) is 0 Å². The summed E-state index contributed by atoms with van der Waals surface area (Å²) in [6.07, 6.45) is -4.83. The number of aryl methyl sites for hydroxylation is 1. The fraction of sp³-hybridized carbons (Fsp3) is 0.538. The molecule has 0 spiro atoms. The van der Waals surface area contributed by atoms with Gasteiger partial charge in [-0.1, -0.05) is 6.42 Å². The van der Waals surface area contributed by atoms with E-state index in [9.17, 15) is 34.5 Å². The number of hydroxylamine groups is 2. The highest BCUT2D eigenvalue weighted by Gasteiger charge is 2.46. The van der Waals surface area contributed by atoms with Crippen LogP contribution in [0.5, 0.6) is 5.75 Å². The number of hydrogen-bond acceptors (Lipinski definition) is 12. The molecule has 0 bridgehead atoms. The zero-order valence-electron chi connectivity index (χ0n) is 21.3. The molecule has 2 amide bonds. The first-order valence-electron chi connectivity index (χ1n) is 12.7. The molecule has 1 aromatic carbocycles. The van der Waals surface area contributed by atoms with Crippen LogP contribution >= 0.6 is 0 Å².